The van der Waals surface area contributed by atoms with E-state index in [-0.39, 0.29) is 5.91 Å². The van der Waals surface area contributed by atoms with E-state index >= 15 is 0 Å². The maximum atomic E-state index is 12.6. The van der Waals surface area contributed by atoms with Gasteiger partial charge in [-0.15, -0.1) is 11.3 Å². The van der Waals surface area contributed by atoms with Crippen molar-refractivity contribution >= 4 is 27.5 Å². The summed E-state index contributed by atoms with van der Waals surface area (Å²) < 4.78 is 1.25. The standard InChI is InChI=1S/C20H27N3OS/c1-14-7-2-3-8-15(14)21-19(24)13-23-12-6-10-17(23)20-22-16-9-4-5-11-18(16)25-20/h4-5,9,11,14-15,17H,2-3,6-8,10,12-13H2,1H3,(H,21,24)/p+1/t14-,15+,17+/m0/s1. The highest BCUT2D eigenvalue weighted by Crippen LogP contribution is 2.28. The van der Waals surface area contributed by atoms with Crippen LogP contribution in [0.25, 0.3) is 10.2 Å². The van der Waals surface area contributed by atoms with E-state index < -0.39 is 0 Å². The molecular formula is C20H28N3OS+. The van der Waals surface area contributed by atoms with Crippen LogP contribution >= 0.6 is 11.3 Å². The van der Waals surface area contributed by atoms with Gasteiger partial charge in [-0.25, -0.2) is 4.98 Å². The molecule has 2 aromatic rings. The third kappa shape index (κ3) is 3.72. The van der Waals surface area contributed by atoms with E-state index in [2.05, 4.69) is 30.4 Å². The quantitative estimate of drug-likeness (QED) is 0.883. The molecule has 134 valence electrons. The summed E-state index contributed by atoms with van der Waals surface area (Å²) in [5.74, 6) is 0.841. The van der Waals surface area contributed by atoms with Crippen molar-refractivity contribution in [3.05, 3.63) is 29.3 Å². The van der Waals surface area contributed by atoms with Crippen molar-refractivity contribution in [1.29, 1.82) is 0 Å². The number of nitrogens with zero attached hydrogens (tertiary/aromatic N) is 1. The van der Waals surface area contributed by atoms with E-state index in [0.29, 0.717) is 24.5 Å². The fraction of sp³-hybridized carbons (Fsp3) is 0.600. The molecule has 1 amide bonds. The fourth-order valence-corrected chi connectivity index (χ4v) is 5.62. The van der Waals surface area contributed by atoms with Crippen molar-refractivity contribution in [3.8, 4) is 0 Å². The largest absolute Gasteiger partial charge is 0.348 e. The predicted octanol–water partition coefficient (Wildman–Crippen LogP) is 2.71. The van der Waals surface area contributed by atoms with Crippen LogP contribution in [0.4, 0.5) is 0 Å². The third-order valence-electron chi connectivity index (χ3n) is 5.94. The lowest BCUT2D eigenvalue weighted by molar-refractivity contribution is -0.910. The predicted molar refractivity (Wildman–Crippen MR) is 102 cm³/mol. The number of benzene rings is 1. The number of nitrogens with one attached hydrogen (secondary N) is 2. The third-order valence-corrected chi connectivity index (χ3v) is 7.09. The van der Waals surface area contributed by atoms with E-state index in [1.807, 2.05) is 6.07 Å². The Hall–Kier alpha value is -1.46. The zero-order valence-corrected chi connectivity index (χ0v) is 15.8. The monoisotopic (exact) mass is 358 g/mol. The van der Waals surface area contributed by atoms with Crippen LogP contribution in [0.3, 0.4) is 0 Å². The highest BCUT2D eigenvalue weighted by molar-refractivity contribution is 7.18. The number of carbonyl (C=O) groups excluding carboxylic acids is 1. The Balaban J connectivity index is 1.41. The number of thiazole rings is 1. The van der Waals surface area contributed by atoms with Crippen LogP contribution < -0.4 is 10.2 Å². The number of para-hydroxylation sites is 1. The lowest BCUT2D eigenvalue weighted by atomic mass is 9.86. The van der Waals surface area contributed by atoms with Crippen molar-refractivity contribution in [2.24, 2.45) is 5.92 Å². The van der Waals surface area contributed by atoms with E-state index in [9.17, 15) is 4.79 Å². The van der Waals surface area contributed by atoms with Gasteiger partial charge in [0.15, 0.2) is 11.6 Å². The lowest BCUT2D eigenvalue weighted by Gasteiger charge is -2.30. The zero-order chi connectivity index (χ0) is 17.2. The van der Waals surface area contributed by atoms with Gasteiger partial charge in [-0.05, 0) is 30.9 Å². The number of likely N-dealkylation sites (tertiary alicyclic amines) is 1. The van der Waals surface area contributed by atoms with Gasteiger partial charge < -0.3 is 10.2 Å². The molecule has 1 saturated heterocycles. The molecule has 0 bridgehead atoms. The summed E-state index contributed by atoms with van der Waals surface area (Å²) in [6.45, 7) is 3.94. The summed E-state index contributed by atoms with van der Waals surface area (Å²) in [6, 6.07) is 9.10. The number of fused-ring (bicyclic) bond motifs is 1. The van der Waals surface area contributed by atoms with Crippen LogP contribution in [-0.2, 0) is 4.79 Å². The fourth-order valence-electron chi connectivity index (χ4n) is 4.46. The maximum absolute atomic E-state index is 12.6. The normalized spacial score (nSPS) is 29.8. The Morgan fingerprint density at radius 3 is 2.92 bits per heavy atom. The average molecular weight is 359 g/mol. The Bertz CT molecular complexity index is 710. The zero-order valence-electron chi connectivity index (χ0n) is 15.0. The van der Waals surface area contributed by atoms with E-state index in [1.165, 1.54) is 40.3 Å². The Labute approximate surface area is 153 Å². The van der Waals surface area contributed by atoms with E-state index in [0.717, 1.165) is 24.9 Å². The average Bonchev–Trinajstić information content (AvgIpc) is 3.23. The van der Waals surface area contributed by atoms with E-state index in [4.69, 9.17) is 4.98 Å². The number of quaternary nitrogens is 1. The van der Waals surface area contributed by atoms with Gasteiger partial charge in [0.25, 0.3) is 5.91 Å². The van der Waals surface area contributed by atoms with Gasteiger partial charge >= 0.3 is 0 Å². The van der Waals surface area contributed by atoms with Gasteiger partial charge in [0.1, 0.15) is 6.04 Å². The molecule has 1 saturated carbocycles. The minimum Gasteiger partial charge on any atom is -0.348 e. The lowest BCUT2D eigenvalue weighted by Crippen LogP contribution is -3.11. The van der Waals surface area contributed by atoms with Crippen molar-refractivity contribution in [1.82, 2.24) is 10.3 Å². The first-order valence-corrected chi connectivity index (χ1v) is 10.5. The molecule has 4 rings (SSSR count). The van der Waals surface area contributed by atoms with Crippen LogP contribution in [0.1, 0.15) is 56.5 Å². The van der Waals surface area contributed by atoms with Crippen molar-refractivity contribution in [3.63, 3.8) is 0 Å². The molecule has 1 aromatic heterocycles. The van der Waals surface area contributed by atoms with Crippen LogP contribution in [0.15, 0.2) is 24.3 Å². The molecule has 1 aliphatic heterocycles. The molecular weight excluding hydrogens is 330 g/mol. The molecule has 2 aliphatic rings. The highest BCUT2D eigenvalue weighted by Gasteiger charge is 2.34. The SMILES string of the molecule is C[C@H]1CCCC[C@H]1NC(=O)C[NH+]1CCC[C@@H]1c1nc2ccccc2s1. The van der Waals surface area contributed by atoms with Gasteiger partial charge in [-0.2, -0.15) is 0 Å². The molecule has 1 aliphatic carbocycles. The second kappa shape index (κ2) is 7.42. The summed E-state index contributed by atoms with van der Waals surface area (Å²) in [6.07, 6.45) is 7.27. The highest BCUT2D eigenvalue weighted by atomic mass is 32.1. The van der Waals surface area contributed by atoms with Crippen LogP contribution in [0, 0.1) is 5.92 Å². The molecule has 1 unspecified atom stereocenters. The minimum atomic E-state index is 0.224. The van der Waals surface area contributed by atoms with Gasteiger partial charge in [0, 0.05) is 18.9 Å². The topological polar surface area (TPSA) is 46.4 Å². The molecule has 2 N–H and O–H groups in total. The molecule has 25 heavy (non-hydrogen) atoms. The molecule has 4 nitrogen and oxygen atoms in total. The molecule has 0 spiro atoms. The summed E-state index contributed by atoms with van der Waals surface area (Å²) in [5, 5.41) is 4.52. The van der Waals surface area contributed by atoms with Crippen molar-refractivity contribution in [2.75, 3.05) is 13.1 Å². The van der Waals surface area contributed by atoms with E-state index in [1.54, 1.807) is 11.3 Å². The second-order valence-corrected chi connectivity index (χ2v) is 8.80. The maximum Gasteiger partial charge on any atom is 0.275 e. The second-order valence-electron chi connectivity index (χ2n) is 7.74. The summed E-state index contributed by atoms with van der Waals surface area (Å²) in [4.78, 5) is 18.8. The van der Waals surface area contributed by atoms with Gasteiger partial charge in [-0.1, -0.05) is 31.9 Å². The Morgan fingerprint density at radius 2 is 2.08 bits per heavy atom. The van der Waals surface area contributed by atoms with Crippen molar-refractivity contribution in [2.45, 2.75) is 57.5 Å². The summed E-state index contributed by atoms with van der Waals surface area (Å²) in [7, 11) is 0. The first-order valence-electron chi connectivity index (χ1n) is 9.70. The van der Waals surface area contributed by atoms with Crippen LogP contribution in [0.2, 0.25) is 0 Å². The Morgan fingerprint density at radius 1 is 1.24 bits per heavy atom. The first kappa shape index (κ1) is 17.0. The van der Waals surface area contributed by atoms with Gasteiger partial charge in [-0.3, -0.25) is 4.79 Å². The number of carbonyl (C=O) groups is 1. The molecule has 2 fully saturated rings. The molecule has 0 radical (unpaired) electrons. The van der Waals surface area contributed by atoms with Crippen molar-refractivity contribution < 1.29 is 9.69 Å². The molecule has 4 atom stereocenters. The van der Waals surface area contributed by atoms with Gasteiger partial charge in [0.05, 0.1) is 16.8 Å². The number of hydrogen-bond acceptors (Lipinski definition) is 3. The number of amides is 1. The van der Waals surface area contributed by atoms with Gasteiger partial charge in [0.2, 0.25) is 0 Å². The number of hydrogen-bond donors (Lipinski definition) is 2. The van der Waals surface area contributed by atoms with Crippen LogP contribution in [-0.4, -0.2) is 30.0 Å². The Kier molecular flexibility index (Phi) is 5.04. The molecule has 5 heteroatoms. The molecule has 1 aromatic carbocycles. The molecule has 2 heterocycles. The number of aromatic nitrogens is 1. The smallest absolute Gasteiger partial charge is 0.275 e. The minimum absolute atomic E-state index is 0.224. The van der Waals surface area contributed by atoms with Crippen LogP contribution in [0.5, 0.6) is 0 Å². The number of rotatable bonds is 4. The summed E-state index contributed by atoms with van der Waals surface area (Å²) in [5.41, 5.74) is 1.09. The summed E-state index contributed by atoms with van der Waals surface area (Å²) >= 11 is 1.80. The first-order chi connectivity index (χ1) is 12.2.